The van der Waals surface area contributed by atoms with Crippen molar-refractivity contribution in [2.45, 2.75) is 17.6 Å². The van der Waals surface area contributed by atoms with Crippen molar-refractivity contribution in [2.24, 2.45) is 0 Å². The van der Waals surface area contributed by atoms with Gasteiger partial charge in [-0.15, -0.1) is 0 Å². The van der Waals surface area contributed by atoms with E-state index in [0.717, 1.165) is 16.2 Å². The molecule has 1 atom stereocenters. The summed E-state index contributed by atoms with van der Waals surface area (Å²) in [6.07, 6.45) is 1.72. The summed E-state index contributed by atoms with van der Waals surface area (Å²) in [5, 5.41) is 0. The maximum absolute atomic E-state index is 12.0. The Kier molecular flexibility index (Phi) is 3.47. The molecule has 0 fully saturated rings. The SMILES string of the molecule is Cc1cccc([S@@](=O)Cc2ccccn2)c1. The maximum atomic E-state index is 12.0. The number of aryl methyl sites for hydroxylation is 1. The van der Waals surface area contributed by atoms with Gasteiger partial charge in [-0.05, 0) is 36.8 Å². The predicted octanol–water partition coefficient (Wildman–Crippen LogP) is 2.70. The van der Waals surface area contributed by atoms with Gasteiger partial charge in [-0.25, -0.2) is 0 Å². The van der Waals surface area contributed by atoms with Crippen molar-refractivity contribution < 1.29 is 4.21 Å². The fraction of sp³-hybridized carbons (Fsp3) is 0.154. The van der Waals surface area contributed by atoms with Gasteiger partial charge in [0.15, 0.2) is 0 Å². The van der Waals surface area contributed by atoms with E-state index in [1.807, 2.05) is 49.4 Å². The Balaban J connectivity index is 2.15. The van der Waals surface area contributed by atoms with E-state index in [9.17, 15) is 4.21 Å². The van der Waals surface area contributed by atoms with E-state index >= 15 is 0 Å². The minimum absolute atomic E-state index is 0.476. The first-order valence-electron chi connectivity index (χ1n) is 5.10. The molecule has 0 aliphatic rings. The van der Waals surface area contributed by atoms with Crippen LogP contribution in [0.4, 0.5) is 0 Å². The zero-order valence-electron chi connectivity index (χ0n) is 9.09. The zero-order chi connectivity index (χ0) is 11.4. The zero-order valence-corrected chi connectivity index (χ0v) is 9.91. The molecule has 0 N–H and O–H groups in total. The molecule has 0 saturated heterocycles. The normalized spacial score (nSPS) is 12.3. The molecule has 16 heavy (non-hydrogen) atoms. The summed E-state index contributed by atoms with van der Waals surface area (Å²) in [6.45, 7) is 2.00. The molecule has 0 spiro atoms. The van der Waals surface area contributed by atoms with Crippen molar-refractivity contribution >= 4 is 10.8 Å². The second kappa shape index (κ2) is 5.03. The summed E-state index contributed by atoms with van der Waals surface area (Å²) < 4.78 is 12.0. The lowest BCUT2D eigenvalue weighted by atomic mass is 10.2. The molecule has 2 nitrogen and oxygen atoms in total. The molecule has 2 aromatic rings. The molecule has 3 heteroatoms. The largest absolute Gasteiger partial charge is 0.260 e. The van der Waals surface area contributed by atoms with Gasteiger partial charge in [-0.3, -0.25) is 9.19 Å². The minimum Gasteiger partial charge on any atom is -0.260 e. The molecule has 0 radical (unpaired) electrons. The minimum atomic E-state index is -1.01. The van der Waals surface area contributed by atoms with E-state index in [2.05, 4.69) is 4.98 Å². The van der Waals surface area contributed by atoms with Crippen LogP contribution >= 0.6 is 0 Å². The fourth-order valence-corrected chi connectivity index (χ4v) is 2.61. The van der Waals surface area contributed by atoms with Gasteiger partial charge in [0.1, 0.15) is 0 Å². The molecule has 2 rings (SSSR count). The van der Waals surface area contributed by atoms with Crippen molar-refractivity contribution in [3.8, 4) is 0 Å². The number of aromatic nitrogens is 1. The number of pyridine rings is 1. The number of nitrogens with zero attached hydrogens (tertiary/aromatic N) is 1. The topological polar surface area (TPSA) is 30.0 Å². The van der Waals surface area contributed by atoms with Crippen molar-refractivity contribution in [3.63, 3.8) is 0 Å². The summed E-state index contributed by atoms with van der Waals surface area (Å²) in [4.78, 5) is 5.04. The first kappa shape index (κ1) is 11.0. The number of rotatable bonds is 3. The first-order valence-corrected chi connectivity index (χ1v) is 6.42. The molecule has 0 unspecified atom stereocenters. The van der Waals surface area contributed by atoms with E-state index in [1.165, 1.54) is 0 Å². The van der Waals surface area contributed by atoms with Crippen LogP contribution in [0.3, 0.4) is 0 Å². The Morgan fingerprint density at radius 1 is 1.19 bits per heavy atom. The molecular weight excluding hydrogens is 218 g/mol. The van der Waals surface area contributed by atoms with Crippen LogP contribution in [0.5, 0.6) is 0 Å². The highest BCUT2D eigenvalue weighted by Gasteiger charge is 2.05. The number of hydrogen-bond acceptors (Lipinski definition) is 2. The highest BCUT2D eigenvalue weighted by atomic mass is 32.2. The van der Waals surface area contributed by atoms with Gasteiger partial charge in [-0.2, -0.15) is 0 Å². The van der Waals surface area contributed by atoms with Crippen LogP contribution in [-0.4, -0.2) is 9.19 Å². The lowest BCUT2D eigenvalue weighted by molar-refractivity contribution is 0.682. The quantitative estimate of drug-likeness (QED) is 0.813. The lowest BCUT2D eigenvalue weighted by Crippen LogP contribution is -1.98. The second-order valence-electron chi connectivity index (χ2n) is 3.63. The average Bonchev–Trinajstić information content (AvgIpc) is 2.30. The van der Waals surface area contributed by atoms with Gasteiger partial charge >= 0.3 is 0 Å². The Bertz CT molecular complexity index is 496. The molecule has 0 bridgehead atoms. The number of hydrogen-bond donors (Lipinski definition) is 0. The third-order valence-electron chi connectivity index (χ3n) is 2.26. The van der Waals surface area contributed by atoms with E-state index in [1.54, 1.807) is 6.20 Å². The predicted molar refractivity (Wildman–Crippen MR) is 65.5 cm³/mol. The van der Waals surface area contributed by atoms with Crippen LogP contribution in [-0.2, 0) is 16.6 Å². The Hall–Kier alpha value is -1.48. The molecule has 0 aliphatic heterocycles. The van der Waals surface area contributed by atoms with Crippen LogP contribution in [0.2, 0.25) is 0 Å². The van der Waals surface area contributed by atoms with Gasteiger partial charge in [0.2, 0.25) is 0 Å². The van der Waals surface area contributed by atoms with Crippen molar-refractivity contribution in [1.29, 1.82) is 0 Å². The summed E-state index contributed by atoms with van der Waals surface area (Å²) in [6, 6.07) is 13.5. The molecular formula is C13H13NOS. The smallest absolute Gasteiger partial charge is 0.0705 e. The fourth-order valence-electron chi connectivity index (χ4n) is 1.46. The van der Waals surface area contributed by atoms with Gasteiger partial charge in [0, 0.05) is 11.1 Å². The second-order valence-corrected chi connectivity index (χ2v) is 5.08. The third-order valence-corrected chi connectivity index (χ3v) is 3.60. The molecule has 0 amide bonds. The standard InChI is InChI=1S/C13H13NOS/c1-11-5-4-7-13(9-11)16(15)10-12-6-2-3-8-14-12/h2-9H,10H2,1H3/t16-/m0/s1. The van der Waals surface area contributed by atoms with E-state index in [-0.39, 0.29) is 0 Å². The molecule has 1 aromatic carbocycles. The lowest BCUT2D eigenvalue weighted by Gasteiger charge is -2.02. The molecule has 1 aromatic heterocycles. The van der Waals surface area contributed by atoms with Crippen LogP contribution in [0, 0.1) is 6.92 Å². The van der Waals surface area contributed by atoms with E-state index < -0.39 is 10.8 Å². The summed E-state index contributed by atoms with van der Waals surface area (Å²) in [5.41, 5.74) is 1.99. The third kappa shape index (κ3) is 2.76. The van der Waals surface area contributed by atoms with E-state index in [4.69, 9.17) is 0 Å². The van der Waals surface area contributed by atoms with Gasteiger partial charge in [-0.1, -0.05) is 18.2 Å². The van der Waals surface area contributed by atoms with Crippen molar-refractivity contribution in [1.82, 2.24) is 4.98 Å². The van der Waals surface area contributed by atoms with Crippen molar-refractivity contribution in [2.75, 3.05) is 0 Å². The molecule has 0 aliphatic carbocycles. The van der Waals surface area contributed by atoms with E-state index in [0.29, 0.717) is 5.75 Å². The summed E-state index contributed by atoms with van der Waals surface area (Å²) in [5.74, 6) is 0.476. The molecule has 0 saturated carbocycles. The Morgan fingerprint density at radius 2 is 2.06 bits per heavy atom. The van der Waals surface area contributed by atoms with Crippen LogP contribution in [0.25, 0.3) is 0 Å². The highest BCUT2D eigenvalue weighted by Crippen LogP contribution is 2.12. The Labute approximate surface area is 97.8 Å². The molecule has 1 heterocycles. The molecule has 82 valence electrons. The monoisotopic (exact) mass is 231 g/mol. The first-order chi connectivity index (χ1) is 7.75. The number of benzene rings is 1. The van der Waals surface area contributed by atoms with Crippen LogP contribution in [0.15, 0.2) is 53.6 Å². The van der Waals surface area contributed by atoms with Gasteiger partial charge in [0.05, 0.1) is 22.2 Å². The van der Waals surface area contributed by atoms with Crippen LogP contribution in [0.1, 0.15) is 11.3 Å². The summed E-state index contributed by atoms with van der Waals surface area (Å²) in [7, 11) is -1.01. The van der Waals surface area contributed by atoms with Gasteiger partial charge in [0.25, 0.3) is 0 Å². The summed E-state index contributed by atoms with van der Waals surface area (Å²) >= 11 is 0. The van der Waals surface area contributed by atoms with Crippen LogP contribution < -0.4 is 0 Å². The Morgan fingerprint density at radius 3 is 2.75 bits per heavy atom. The average molecular weight is 231 g/mol. The van der Waals surface area contributed by atoms with Crippen molar-refractivity contribution in [3.05, 3.63) is 59.9 Å². The van der Waals surface area contributed by atoms with Gasteiger partial charge < -0.3 is 0 Å². The maximum Gasteiger partial charge on any atom is 0.0705 e. The highest BCUT2D eigenvalue weighted by molar-refractivity contribution is 7.84.